The van der Waals surface area contributed by atoms with E-state index < -0.39 is 16.1 Å². The topological polar surface area (TPSA) is 132 Å². The van der Waals surface area contributed by atoms with Crippen molar-refractivity contribution in [1.82, 2.24) is 20.3 Å². The van der Waals surface area contributed by atoms with Crippen LogP contribution in [0.5, 0.6) is 0 Å². The van der Waals surface area contributed by atoms with Crippen LogP contribution < -0.4 is 20.7 Å². The number of anilines is 1. The van der Waals surface area contributed by atoms with Crippen LogP contribution in [0.2, 0.25) is 0 Å². The fraction of sp³-hybridized carbons (Fsp3) is 0.524. The fourth-order valence-corrected chi connectivity index (χ4v) is 6.67. The average Bonchev–Trinajstić information content (AvgIpc) is 3.21. The maximum absolute atomic E-state index is 13.0. The number of sulfonamides is 1. The van der Waals surface area contributed by atoms with Gasteiger partial charge in [0.05, 0.1) is 20.8 Å². The Balaban J connectivity index is 1.56. The summed E-state index contributed by atoms with van der Waals surface area (Å²) in [4.78, 5) is 16.5. The lowest BCUT2D eigenvalue weighted by molar-refractivity contribution is 0.185. The van der Waals surface area contributed by atoms with E-state index in [0.29, 0.717) is 18.2 Å². The molecule has 2 aliphatic rings. The molecule has 1 saturated heterocycles. The average molecular weight is 480 g/mol. The number of carbonyl (C=O) groups is 1. The molecule has 174 valence electrons. The molecule has 1 aromatic carbocycles. The Morgan fingerprint density at radius 1 is 1.22 bits per heavy atom. The molecule has 4 rings (SSSR count). The molecule has 1 amide bonds. The van der Waals surface area contributed by atoms with Gasteiger partial charge in [0.25, 0.3) is 0 Å². The van der Waals surface area contributed by atoms with E-state index in [1.807, 2.05) is 12.1 Å². The summed E-state index contributed by atoms with van der Waals surface area (Å²) in [5, 5.41) is 19.0. The molecule has 1 aliphatic carbocycles. The molecule has 1 aliphatic heterocycles. The van der Waals surface area contributed by atoms with Crippen molar-refractivity contribution in [3.63, 3.8) is 0 Å². The van der Waals surface area contributed by atoms with Crippen molar-refractivity contribution in [2.24, 2.45) is 0 Å². The van der Waals surface area contributed by atoms with E-state index in [4.69, 9.17) is 5.11 Å². The Kier molecular flexibility index (Phi) is 6.99. The first-order valence-corrected chi connectivity index (χ1v) is 13.2. The molecule has 32 heavy (non-hydrogen) atoms. The van der Waals surface area contributed by atoms with E-state index in [-0.39, 0.29) is 16.9 Å². The number of nitrogens with one attached hydrogen (secondary N) is 4. The van der Waals surface area contributed by atoms with Gasteiger partial charge in [-0.15, -0.1) is 11.3 Å². The number of carboxylic acid groups (broad SMARTS) is 1. The van der Waals surface area contributed by atoms with Crippen molar-refractivity contribution >= 4 is 33.1 Å². The number of benzene rings is 1. The van der Waals surface area contributed by atoms with Gasteiger partial charge in [-0.25, -0.2) is 22.9 Å². The second-order valence-corrected chi connectivity index (χ2v) is 11.1. The molecule has 0 atom stereocenters. The van der Waals surface area contributed by atoms with Gasteiger partial charge in [0, 0.05) is 49.0 Å². The van der Waals surface area contributed by atoms with Crippen LogP contribution >= 0.6 is 11.3 Å². The Morgan fingerprint density at radius 2 is 1.97 bits per heavy atom. The molecule has 0 spiro atoms. The summed E-state index contributed by atoms with van der Waals surface area (Å²) in [7, 11) is -3.66. The second kappa shape index (κ2) is 9.74. The molecule has 2 aromatic rings. The van der Waals surface area contributed by atoms with Crippen molar-refractivity contribution in [2.75, 3.05) is 25.0 Å². The summed E-state index contributed by atoms with van der Waals surface area (Å²) >= 11 is 1.52. The molecule has 1 aromatic heterocycles. The number of rotatable bonds is 8. The third kappa shape index (κ3) is 5.22. The van der Waals surface area contributed by atoms with Crippen LogP contribution in [0.15, 0.2) is 29.3 Å². The first-order valence-electron chi connectivity index (χ1n) is 10.9. The quantitative estimate of drug-likeness (QED) is 0.393. The number of thiazole rings is 1. The van der Waals surface area contributed by atoms with E-state index in [0.717, 1.165) is 54.3 Å². The van der Waals surface area contributed by atoms with Crippen LogP contribution in [0.25, 0.3) is 10.4 Å². The highest BCUT2D eigenvalue weighted by atomic mass is 32.2. The maximum atomic E-state index is 13.0. The van der Waals surface area contributed by atoms with E-state index in [1.54, 1.807) is 19.2 Å². The minimum atomic E-state index is -3.66. The minimum Gasteiger partial charge on any atom is -0.465 e. The van der Waals surface area contributed by atoms with Crippen LogP contribution in [-0.4, -0.2) is 56.3 Å². The summed E-state index contributed by atoms with van der Waals surface area (Å²) in [5.41, 5.74) is 1.43. The highest BCUT2D eigenvalue weighted by Crippen LogP contribution is 2.39. The molecule has 0 radical (unpaired) electrons. The highest BCUT2D eigenvalue weighted by molar-refractivity contribution is 7.89. The zero-order valence-corrected chi connectivity index (χ0v) is 19.6. The molecule has 9 nitrogen and oxygen atoms in total. The van der Waals surface area contributed by atoms with Crippen LogP contribution in [0, 0.1) is 0 Å². The van der Waals surface area contributed by atoms with Gasteiger partial charge >= 0.3 is 6.09 Å². The van der Waals surface area contributed by atoms with Gasteiger partial charge in [0.2, 0.25) is 10.0 Å². The summed E-state index contributed by atoms with van der Waals surface area (Å²) < 4.78 is 28.5. The van der Waals surface area contributed by atoms with Crippen LogP contribution in [0.3, 0.4) is 0 Å². The largest absolute Gasteiger partial charge is 0.465 e. The Labute approximate surface area is 192 Å². The Morgan fingerprint density at radius 3 is 2.59 bits per heavy atom. The lowest BCUT2D eigenvalue weighted by Gasteiger charge is -2.29. The summed E-state index contributed by atoms with van der Waals surface area (Å²) in [5.74, 6) is 0.265. The van der Waals surface area contributed by atoms with Crippen molar-refractivity contribution < 1.29 is 18.3 Å². The molecule has 2 heterocycles. The fourth-order valence-electron chi connectivity index (χ4n) is 4.19. The van der Waals surface area contributed by atoms with E-state index in [1.165, 1.54) is 11.3 Å². The summed E-state index contributed by atoms with van der Waals surface area (Å²) in [6.07, 6.45) is 4.05. The minimum absolute atomic E-state index is 0.00837. The second-order valence-electron chi connectivity index (χ2n) is 8.27. The lowest BCUT2D eigenvalue weighted by atomic mass is 9.86. The standard InChI is InChI=1S/C21H29N5O4S2/c1-2-24-32(29,30)19-9-15(25-16-10-22-11-16)7-8-17(19)18-12-23-20(31-18)13-3-5-14(6-4-13)26-21(27)28/h7-9,12-14,16,22,24-26H,2-6,10-11H2,1H3,(H,27,28). The van der Waals surface area contributed by atoms with E-state index >= 15 is 0 Å². The highest BCUT2D eigenvalue weighted by Gasteiger charge is 2.27. The smallest absolute Gasteiger partial charge is 0.404 e. The summed E-state index contributed by atoms with van der Waals surface area (Å²) in [6.45, 7) is 3.80. The predicted molar refractivity (Wildman–Crippen MR) is 125 cm³/mol. The van der Waals surface area contributed by atoms with Gasteiger partial charge < -0.3 is 21.1 Å². The van der Waals surface area contributed by atoms with Gasteiger partial charge in [-0.2, -0.15) is 0 Å². The monoisotopic (exact) mass is 479 g/mol. The SMILES string of the molecule is CCNS(=O)(=O)c1cc(NC2CNC2)ccc1-c1cnc(C2CCC(NC(=O)O)CC2)s1. The van der Waals surface area contributed by atoms with Crippen LogP contribution in [0.1, 0.15) is 43.5 Å². The van der Waals surface area contributed by atoms with Crippen LogP contribution in [0.4, 0.5) is 10.5 Å². The molecule has 2 fully saturated rings. The van der Waals surface area contributed by atoms with Crippen LogP contribution in [-0.2, 0) is 10.0 Å². The van der Waals surface area contributed by atoms with Gasteiger partial charge in [-0.05, 0) is 37.8 Å². The molecule has 0 unspecified atom stereocenters. The number of aromatic nitrogens is 1. The number of nitrogens with zero attached hydrogens (tertiary/aromatic N) is 1. The van der Waals surface area contributed by atoms with Crippen molar-refractivity contribution in [1.29, 1.82) is 0 Å². The number of amides is 1. The van der Waals surface area contributed by atoms with E-state index in [9.17, 15) is 13.2 Å². The first-order chi connectivity index (χ1) is 15.4. The van der Waals surface area contributed by atoms with Gasteiger partial charge in [-0.3, -0.25) is 0 Å². The Hall–Kier alpha value is -2.21. The van der Waals surface area contributed by atoms with Gasteiger partial charge in [0.15, 0.2) is 0 Å². The maximum Gasteiger partial charge on any atom is 0.404 e. The molecule has 0 bridgehead atoms. The lowest BCUT2D eigenvalue weighted by Crippen LogP contribution is -2.51. The molecular formula is C21H29N5O4S2. The zero-order chi connectivity index (χ0) is 22.7. The summed E-state index contributed by atoms with van der Waals surface area (Å²) in [6, 6.07) is 5.76. The molecule has 5 N–H and O–H groups in total. The predicted octanol–water partition coefficient (Wildman–Crippen LogP) is 2.79. The molecular weight excluding hydrogens is 450 g/mol. The van der Waals surface area contributed by atoms with Crippen molar-refractivity contribution in [3.05, 3.63) is 29.4 Å². The van der Waals surface area contributed by atoms with Gasteiger partial charge in [0.1, 0.15) is 0 Å². The third-order valence-corrected chi connectivity index (χ3v) is 8.73. The first kappa shape index (κ1) is 23.0. The number of hydrogen-bond acceptors (Lipinski definition) is 7. The van der Waals surface area contributed by atoms with Crippen molar-refractivity contribution in [2.45, 2.75) is 55.5 Å². The number of hydrogen-bond donors (Lipinski definition) is 5. The van der Waals surface area contributed by atoms with Crippen molar-refractivity contribution in [3.8, 4) is 10.4 Å². The molecule has 11 heteroatoms. The van der Waals surface area contributed by atoms with E-state index in [2.05, 4.69) is 25.7 Å². The third-order valence-electron chi connectivity index (χ3n) is 5.95. The Bertz CT molecular complexity index is 1060. The molecule has 1 saturated carbocycles. The normalized spacial score (nSPS) is 21.7. The van der Waals surface area contributed by atoms with Gasteiger partial charge in [-0.1, -0.05) is 13.0 Å². The zero-order valence-electron chi connectivity index (χ0n) is 17.9.